The number of hydrogen-bond acceptors (Lipinski definition) is 6. The van der Waals surface area contributed by atoms with E-state index in [-0.39, 0.29) is 11.9 Å². The van der Waals surface area contributed by atoms with E-state index in [0.29, 0.717) is 22.4 Å². The van der Waals surface area contributed by atoms with Crippen LogP contribution >= 0.6 is 0 Å². The van der Waals surface area contributed by atoms with Crippen LogP contribution in [0.4, 0.5) is 24.8 Å². The normalized spacial score (nSPS) is 15.2. The highest BCUT2D eigenvalue weighted by molar-refractivity contribution is 6.05. The molecule has 1 amide bonds. The summed E-state index contributed by atoms with van der Waals surface area (Å²) in [5.41, 5.74) is 6.09. The number of nitrogen functional groups attached to an aromatic ring is 1. The second-order valence-corrected chi connectivity index (χ2v) is 7.17. The van der Waals surface area contributed by atoms with Crippen molar-refractivity contribution in [3.05, 3.63) is 41.5 Å². The fourth-order valence-corrected chi connectivity index (χ4v) is 3.55. The molecule has 30 heavy (non-hydrogen) atoms. The van der Waals surface area contributed by atoms with Crippen LogP contribution in [0.2, 0.25) is 0 Å². The van der Waals surface area contributed by atoms with Crippen LogP contribution in [0.15, 0.2) is 24.5 Å². The number of carbonyl (C=O) groups excluding carboxylic acids is 1. The van der Waals surface area contributed by atoms with Crippen LogP contribution in [0.5, 0.6) is 0 Å². The van der Waals surface area contributed by atoms with Crippen LogP contribution in [0, 0.1) is 0 Å². The maximum atomic E-state index is 13.5. The Balaban J connectivity index is 1.81. The van der Waals surface area contributed by atoms with Gasteiger partial charge in [0.25, 0.3) is 5.91 Å². The molecule has 1 fully saturated rings. The Labute approximate surface area is 169 Å². The van der Waals surface area contributed by atoms with E-state index in [2.05, 4.69) is 25.6 Å². The highest BCUT2D eigenvalue weighted by Gasteiger charge is 2.39. The van der Waals surface area contributed by atoms with E-state index in [1.807, 2.05) is 4.57 Å². The lowest BCUT2D eigenvalue weighted by molar-refractivity contribution is -0.136. The standard InChI is InChI=1S/C19H20F3N7O/c1-9(27-16-13(19(20,21)22)15(23)25-8-26-16)17-28-12-5-3-4-11(18(30)24-2)14(12)29(17)10-6-7-10/h3-5,8-10H,6-7H2,1-2H3,(H,24,30)(H3,23,25,26,27). The van der Waals surface area contributed by atoms with E-state index >= 15 is 0 Å². The van der Waals surface area contributed by atoms with Gasteiger partial charge in [-0.3, -0.25) is 4.79 Å². The van der Waals surface area contributed by atoms with Gasteiger partial charge < -0.3 is 20.9 Å². The molecule has 4 N–H and O–H groups in total. The smallest absolute Gasteiger partial charge is 0.383 e. The van der Waals surface area contributed by atoms with Gasteiger partial charge in [0.2, 0.25) is 0 Å². The van der Waals surface area contributed by atoms with Gasteiger partial charge in [0.05, 0.1) is 22.6 Å². The monoisotopic (exact) mass is 419 g/mol. The van der Waals surface area contributed by atoms with Crippen LogP contribution in [-0.4, -0.2) is 32.5 Å². The van der Waals surface area contributed by atoms with Crippen LogP contribution in [0.25, 0.3) is 11.0 Å². The van der Waals surface area contributed by atoms with Gasteiger partial charge in [0, 0.05) is 13.1 Å². The molecular formula is C19H20F3N7O. The molecule has 1 saturated carbocycles. The number of para-hydroxylation sites is 1. The van der Waals surface area contributed by atoms with Crippen molar-refractivity contribution < 1.29 is 18.0 Å². The van der Waals surface area contributed by atoms with Gasteiger partial charge in [-0.25, -0.2) is 15.0 Å². The van der Waals surface area contributed by atoms with Crippen molar-refractivity contribution in [3.63, 3.8) is 0 Å². The number of rotatable bonds is 5. The summed E-state index contributed by atoms with van der Waals surface area (Å²) in [7, 11) is 1.54. The Morgan fingerprint density at radius 2 is 2.03 bits per heavy atom. The number of aromatic nitrogens is 4. The molecule has 4 rings (SSSR count). The number of nitrogens with zero attached hydrogens (tertiary/aromatic N) is 4. The molecule has 3 aromatic rings. The maximum absolute atomic E-state index is 13.5. The zero-order valence-corrected chi connectivity index (χ0v) is 16.3. The predicted molar refractivity (Wildman–Crippen MR) is 105 cm³/mol. The molecule has 1 atom stereocenters. The Morgan fingerprint density at radius 1 is 1.30 bits per heavy atom. The molecule has 0 aliphatic heterocycles. The average molecular weight is 419 g/mol. The van der Waals surface area contributed by atoms with Crippen LogP contribution in [0.1, 0.15) is 53.6 Å². The van der Waals surface area contributed by atoms with E-state index in [4.69, 9.17) is 5.73 Å². The molecular weight excluding hydrogens is 399 g/mol. The molecule has 1 aliphatic carbocycles. The molecule has 1 aromatic carbocycles. The van der Waals surface area contributed by atoms with E-state index in [0.717, 1.165) is 19.2 Å². The van der Waals surface area contributed by atoms with Gasteiger partial charge in [-0.1, -0.05) is 6.07 Å². The molecule has 0 bridgehead atoms. The highest BCUT2D eigenvalue weighted by atomic mass is 19.4. The first-order chi connectivity index (χ1) is 14.2. The second kappa shape index (κ2) is 7.15. The minimum Gasteiger partial charge on any atom is -0.383 e. The van der Waals surface area contributed by atoms with Crippen molar-refractivity contribution >= 4 is 28.6 Å². The largest absolute Gasteiger partial charge is 0.423 e. The van der Waals surface area contributed by atoms with Crippen molar-refractivity contribution in [1.82, 2.24) is 24.8 Å². The average Bonchev–Trinajstić information content (AvgIpc) is 3.45. The van der Waals surface area contributed by atoms with Crippen LogP contribution in [-0.2, 0) is 6.18 Å². The number of halogens is 3. The highest BCUT2D eigenvalue weighted by Crippen LogP contribution is 2.42. The van der Waals surface area contributed by atoms with Gasteiger partial charge in [-0.2, -0.15) is 13.2 Å². The lowest BCUT2D eigenvalue weighted by Gasteiger charge is -2.20. The molecule has 1 aliphatic rings. The van der Waals surface area contributed by atoms with Gasteiger partial charge in [-0.05, 0) is 31.9 Å². The summed E-state index contributed by atoms with van der Waals surface area (Å²) >= 11 is 0. The van der Waals surface area contributed by atoms with Gasteiger partial charge in [0.15, 0.2) is 0 Å². The molecule has 11 heteroatoms. The molecule has 8 nitrogen and oxygen atoms in total. The zero-order chi connectivity index (χ0) is 21.6. The summed E-state index contributed by atoms with van der Waals surface area (Å²) in [6, 6.07) is 4.71. The minimum absolute atomic E-state index is 0.137. The number of benzene rings is 1. The number of hydrogen-bond donors (Lipinski definition) is 3. The number of amides is 1. The fourth-order valence-electron chi connectivity index (χ4n) is 3.55. The van der Waals surface area contributed by atoms with Crippen LogP contribution < -0.4 is 16.4 Å². The maximum Gasteiger partial charge on any atom is 0.423 e. The molecule has 2 aromatic heterocycles. The predicted octanol–water partition coefficient (Wildman–Crippen LogP) is 3.29. The lowest BCUT2D eigenvalue weighted by Crippen LogP contribution is -2.21. The van der Waals surface area contributed by atoms with Gasteiger partial charge in [0.1, 0.15) is 29.4 Å². The van der Waals surface area contributed by atoms with E-state index in [1.54, 1.807) is 32.2 Å². The Morgan fingerprint density at radius 3 is 2.67 bits per heavy atom. The Bertz CT molecular complexity index is 1120. The topological polar surface area (TPSA) is 111 Å². The summed E-state index contributed by atoms with van der Waals surface area (Å²) in [5.74, 6) is -0.792. The summed E-state index contributed by atoms with van der Waals surface area (Å²) in [4.78, 5) is 24.2. The second-order valence-electron chi connectivity index (χ2n) is 7.17. The number of anilines is 2. The summed E-state index contributed by atoms with van der Waals surface area (Å²) in [6.07, 6.45) is -1.92. The molecule has 0 radical (unpaired) electrons. The number of fused-ring (bicyclic) bond motifs is 1. The molecule has 0 saturated heterocycles. The molecule has 158 valence electrons. The number of nitrogens with two attached hydrogens (primary N) is 1. The third-order valence-corrected chi connectivity index (χ3v) is 5.02. The van der Waals surface area contributed by atoms with E-state index < -0.39 is 29.4 Å². The fraction of sp³-hybridized carbons (Fsp3) is 0.368. The summed E-state index contributed by atoms with van der Waals surface area (Å²) in [5, 5.41) is 5.40. The Kier molecular flexibility index (Phi) is 4.75. The minimum atomic E-state index is -4.71. The number of imidazole rings is 1. The quantitative estimate of drug-likeness (QED) is 0.585. The first-order valence-electron chi connectivity index (χ1n) is 9.39. The third-order valence-electron chi connectivity index (χ3n) is 5.02. The van der Waals surface area contributed by atoms with Crippen LogP contribution in [0.3, 0.4) is 0 Å². The van der Waals surface area contributed by atoms with Crippen molar-refractivity contribution in [1.29, 1.82) is 0 Å². The Hall–Kier alpha value is -3.37. The lowest BCUT2D eigenvalue weighted by atomic mass is 10.1. The first kappa shape index (κ1) is 19.9. The molecule has 1 unspecified atom stereocenters. The van der Waals surface area contributed by atoms with Gasteiger partial charge in [-0.15, -0.1) is 0 Å². The summed E-state index contributed by atoms with van der Waals surface area (Å²) in [6.45, 7) is 1.69. The zero-order valence-electron chi connectivity index (χ0n) is 16.3. The van der Waals surface area contributed by atoms with Gasteiger partial charge >= 0.3 is 6.18 Å². The van der Waals surface area contributed by atoms with Crippen molar-refractivity contribution in [2.24, 2.45) is 0 Å². The van der Waals surface area contributed by atoms with Crippen molar-refractivity contribution in [2.75, 3.05) is 18.1 Å². The third kappa shape index (κ3) is 3.40. The SMILES string of the molecule is CNC(=O)c1cccc2nc(C(C)Nc3ncnc(N)c3C(F)(F)F)n(C3CC3)c12. The number of alkyl halides is 3. The van der Waals surface area contributed by atoms with E-state index in [9.17, 15) is 18.0 Å². The molecule has 0 spiro atoms. The van der Waals surface area contributed by atoms with E-state index in [1.165, 1.54) is 0 Å². The summed E-state index contributed by atoms with van der Waals surface area (Å²) < 4.78 is 42.3. The van der Waals surface area contributed by atoms with Crippen molar-refractivity contribution in [3.8, 4) is 0 Å². The number of carbonyl (C=O) groups is 1. The number of nitrogens with one attached hydrogen (secondary N) is 2. The first-order valence-corrected chi connectivity index (χ1v) is 9.39. The molecule has 2 heterocycles. The van der Waals surface area contributed by atoms with Crippen molar-refractivity contribution in [2.45, 2.75) is 38.0 Å².